The minimum atomic E-state index is -1.24. The summed E-state index contributed by atoms with van der Waals surface area (Å²) < 4.78 is 0. The maximum atomic E-state index is 12.3. The first kappa shape index (κ1) is 13.1. The second-order valence-corrected chi connectivity index (χ2v) is 5.26. The van der Waals surface area contributed by atoms with Crippen molar-refractivity contribution < 1.29 is 15.0 Å². The highest BCUT2D eigenvalue weighted by atomic mass is 16.3. The molecular formula is C14H19NO3. The van der Waals surface area contributed by atoms with E-state index in [1.807, 2.05) is 25.1 Å². The quantitative estimate of drug-likeness (QED) is 0.781. The van der Waals surface area contributed by atoms with Crippen LogP contribution in [0.1, 0.15) is 30.6 Å². The van der Waals surface area contributed by atoms with Gasteiger partial charge in [-0.3, -0.25) is 4.79 Å². The largest absolute Gasteiger partial charge is 0.390 e. The van der Waals surface area contributed by atoms with Crippen LogP contribution in [0.2, 0.25) is 0 Å². The molecule has 2 N–H and O–H groups in total. The number of aliphatic hydroxyl groups is 2. The highest BCUT2D eigenvalue weighted by molar-refractivity contribution is 5.94. The van der Waals surface area contributed by atoms with E-state index in [-0.39, 0.29) is 18.5 Å². The lowest BCUT2D eigenvalue weighted by atomic mass is 9.87. The first-order chi connectivity index (χ1) is 8.42. The molecule has 3 atom stereocenters. The number of aliphatic hydroxyl groups excluding tert-OH is 1. The minimum Gasteiger partial charge on any atom is -0.390 e. The van der Waals surface area contributed by atoms with Crippen molar-refractivity contribution in [2.75, 3.05) is 6.54 Å². The van der Waals surface area contributed by atoms with Crippen LogP contribution in [-0.4, -0.2) is 45.3 Å². The van der Waals surface area contributed by atoms with Gasteiger partial charge in [-0.1, -0.05) is 18.2 Å². The Balaban J connectivity index is 2.20. The van der Waals surface area contributed by atoms with E-state index in [9.17, 15) is 15.0 Å². The lowest BCUT2D eigenvalue weighted by Crippen LogP contribution is -2.59. The van der Waals surface area contributed by atoms with Crippen LogP contribution in [0.5, 0.6) is 0 Å². The molecule has 1 aliphatic rings. The molecule has 1 amide bonds. The van der Waals surface area contributed by atoms with Gasteiger partial charge in [-0.05, 0) is 32.4 Å². The van der Waals surface area contributed by atoms with E-state index < -0.39 is 11.7 Å². The number of piperidine rings is 1. The lowest BCUT2D eigenvalue weighted by Gasteiger charge is -2.44. The van der Waals surface area contributed by atoms with Crippen molar-refractivity contribution in [3.63, 3.8) is 0 Å². The number of amides is 1. The van der Waals surface area contributed by atoms with Gasteiger partial charge in [0.2, 0.25) is 0 Å². The molecule has 1 aliphatic heterocycles. The van der Waals surface area contributed by atoms with E-state index >= 15 is 0 Å². The van der Waals surface area contributed by atoms with Crippen LogP contribution in [0, 0.1) is 0 Å². The number of nitrogens with zero attached hydrogens (tertiary/aromatic N) is 1. The Morgan fingerprint density at radius 3 is 2.61 bits per heavy atom. The van der Waals surface area contributed by atoms with E-state index in [0.29, 0.717) is 12.0 Å². The lowest BCUT2D eigenvalue weighted by molar-refractivity contribution is -0.114. The Morgan fingerprint density at radius 1 is 1.39 bits per heavy atom. The summed E-state index contributed by atoms with van der Waals surface area (Å²) in [5, 5.41) is 19.9. The van der Waals surface area contributed by atoms with Crippen LogP contribution in [0.25, 0.3) is 0 Å². The molecule has 2 rings (SSSR count). The Morgan fingerprint density at radius 2 is 2.00 bits per heavy atom. The summed E-state index contributed by atoms with van der Waals surface area (Å²) in [6.07, 6.45) is -0.390. The molecule has 3 unspecified atom stereocenters. The third-order valence-corrected chi connectivity index (χ3v) is 3.59. The molecule has 0 aliphatic carbocycles. The van der Waals surface area contributed by atoms with Crippen molar-refractivity contribution in [2.45, 2.75) is 38.0 Å². The standard InChI is InChI=1S/C14H19NO3/c1-10-8-12(16)14(2,18)9-15(10)13(17)11-6-4-3-5-7-11/h3-7,10,12,16,18H,8-9H2,1-2H3. The van der Waals surface area contributed by atoms with E-state index in [1.54, 1.807) is 24.0 Å². The van der Waals surface area contributed by atoms with Crippen molar-refractivity contribution >= 4 is 5.91 Å². The molecule has 0 spiro atoms. The monoisotopic (exact) mass is 249 g/mol. The number of carbonyl (C=O) groups is 1. The molecule has 1 heterocycles. The Hall–Kier alpha value is -1.39. The third-order valence-electron chi connectivity index (χ3n) is 3.59. The van der Waals surface area contributed by atoms with Crippen LogP contribution >= 0.6 is 0 Å². The smallest absolute Gasteiger partial charge is 0.254 e. The molecular weight excluding hydrogens is 230 g/mol. The molecule has 18 heavy (non-hydrogen) atoms. The van der Waals surface area contributed by atoms with Gasteiger partial charge in [0, 0.05) is 11.6 Å². The number of carbonyl (C=O) groups excluding carboxylic acids is 1. The van der Waals surface area contributed by atoms with Gasteiger partial charge in [-0.2, -0.15) is 0 Å². The summed E-state index contributed by atoms with van der Waals surface area (Å²) in [6.45, 7) is 3.61. The highest BCUT2D eigenvalue weighted by Crippen LogP contribution is 2.26. The van der Waals surface area contributed by atoms with Gasteiger partial charge in [0.1, 0.15) is 5.60 Å². The number of hydrogen-bond donors (Lipinski definition) is 2. The van der Waals surface area contributed by atoms with Gasteiger partial charge in [0.25, 0.3) is 5.91 Å². The number of benzene rings is 1. The fraction of sp³-hybridized carbons (Fsp3) is 0.500. The first-order valence-electron chi connectivity index (χ1n) is 6.18. The van der Waals surface area contributed by atoms with Crippen LogP contribution in [0.15, 0.2) is 30.3 Å². The second kappa shape index (κ2) is 4.71. The molecule has 0 aromatic heterocycles. The van der Waals surface area contributed by atoms with Crippen LogP contribution in [0.4, 0.5) is 0 Å². The van der Waals surface area contributed by atoms with Crippen LogP contribution < -0.4 is 0 Å². The topological polar surface area (TPSA) is 60.8 Å². The summed E-state index contributed by atoms with van der Waals surface area (Å²) in [5.41, 5.74) is -0.631. The Labute approximate surface area is 107 Å². The average molecular weight is 249 g/mol. The minimum absolute atomic E-state index is 0.0760. The van der Waals surface area contributed by atoms with E-state index in [4.69, 9.17) is 0 Å². The summed E-state index contributed by atoms with van der Waals surface area (Å²) in [5.74, 6) is -0.102. The molecule has 1 fully saturated rings. The van der Waals surface area contributed by atoms with Crippen LogP contribution in [0.3, 0.4) is 0 Å². The molecule has 98 valence electrons. The molecule has 0 radical (unpaired) electrons. The zero-order chi connectivity index (χ0) is 13.3. The molecule has 1 aromatic rings. The average Bonchev–Trinajstić information content (AvgIpc) is 2.34. The van der Waals surface area contributed by atoms with Crippen LogP contribution in [-0.2, 0) is 0 Å². The summed E-state index contributed by atoms with van der Waals surface area (Å²) >= 11 is 0. The van der Waals surface area contributed by atoms with Gasteiger partial charge < -0.3 is 15.1 Å². The normalized spacial score (nSPS) is 32.3. The molecule has 4 nitrogen and oxygen atoms in total. The van der Waals surface area contributed by atoms with Crippen molar-refractivity contribution in [3.05, 3.63) is 35.9 Å². The van der Waals surface area contributed by atoms with Gasteiger partial charge in [-0.25, -0.2) is 0 Å². The van der Waals surface area contributed by atoms with Crippen molar-refractivity contribution in [2.24, 2.45) is 0 Å². The number of β-amino-alcohol motifs (C(OH)–C–C–N with tert-alkyl or cyclic N) is 1. The zero-order valence-electron chi connectivity index (χ0n) is 10.7. The fourth-order valence-electron chi connectivity index (χ4n) is 2.33. The maximum Gasteiger partial charge on any atom is 0.254 e. The Kier molecular flexibility index (Phi) is 3.41. The van der Waals surface area contributed by atoms with E-state index in [2.05, 4.69) is 0 Å². The summed E-state index contributed by atoms with van der Waals surface area (Å²) in [6, 6.07) is 8.93. The SMILES string of the molecule is CC1CC(O)C(C)(O)CN1C(=O)c1ccccc1. The first-order valence-corrected chi connectivity index (χ1v) is 6.18. The molecule has 1 aromatic carbocycles. The maximum absolute atomic E-state index is 12.3. The van der Waals surface area contributed by atoms with E-state index in [1.165, 1.54) is 0 Å². The molecule has 0 saturated carbocycles. The number of rotatable bonds is 1. The van der Waals surface area contributed by atoms with Crippen molar-refractivity contribution in [3.8, 4) is 0 Å². The number of hydrogen-bond acceptors (Lipinski definition) is 3. The molecule has 0 bridgehead atoms. The highest BCUT2D eigenvalue weighted by Gasteiger charge is 2.42. The van der Waals surface area contributed by atoms with Gasteiger partial charge in [0.05, 0.1) is 12.6 Å². The van der Waals surface area contributed by atoms with Gasteiger partial charge in [-0.15, -0.1) is 0 Å². The predicted molar refractivity (Wildman–Crippen MR) is 68.2 cm³/mol. The molecule has 1 saturated heterocycles. The predicted octanol–water partition coefficient (Wildman–Crippen LogP) is 1.03. The van der Waals surface area contributed by atoms with Crippen molar-refractivity contribution in [1.82, 2.24) is 4.90 Å². The van der Waals surface area contributed by atoms with Gasteiger partial charge in [0.15, 0.2) is 0 Å². The molecule has 4 heteroatoms. The Bertz CT molecular complexity index is 430. The third kappa shape index (κ3) is 2.40. The van der Waals surface area contributed by atoms with E-state index in [0.717, 1.165) is 0 Å². The summed E-state index contributed by atoms with van der Waals surface area (Å²) in [7, 11) is 0. The summed E-state index contributed by atoms with van der Waals surface area (Å²) in [4.78, 5) is 14.0. The second-order valence-electron chi connectivity index (χ2n) is 5.26. The zero-order valence-corrected chi connectivity index (χ0v) is 10.7. The van der Waals surface area contributed by atoms with Crippen molar-refractivity contribution in [1.29, 1.82) is 0 Å². The number of likely N-dealkylation sites (tertiary alicyclic amines) is 1. The fourth-order valence-corrected chi connectivity index (χ4v) is 2.33. The van der Waals surface area contributed by atoms with Gasteiger partial charge >= 0.3 is 0 Å².